The summed E-state index contributed by atoms with van der Waals surface area (Å²) in [5.41, 5.74) is 0.302. The average Bonchev–Trinajstić information content (AvgIpc) is 2.51. The molecule has 7 nitrogen and oxygen atoms in total. The summed E-state index contributed by atoms with van der Waals surface area (Å²) in [4.78, 5) is 27.3. The topological polar surface area (TPSA) is 92.7 Å². The molecule has 21 heavy (non-hydrogen) atoms. The molecule has 2 N–H and O–H groups in total. The van der Waals surface area contributed by atoms with E-state index in [1.54, 1.807) is 6.20 Å². The second-order valence-corrected chi connectivity index (χ2v) is 5.15. The number of hydrogen-bond donors (Lipinski definition) is 2. The van der Waals surface area contributed by atoms with E-state index in [0.29, 0.717) is 24.6 Å². The highest BCUT2D eigenvalue weighted by Crippen LogP contribution is 2.19. The average molecular weight is 372 g/mol. The highest BCUT2D eigenvalue weighted by molar-refractivity contribution is 9.10. The lowest BCUT2D eigenvalue weighted by molar-refractivity contribution is 0.0948. The van der Waals surface area contributed by atoms with Crippen LogP contribution in [-0.4, -0.2) is 38.9 Å². The summed E-state index contributed by atoms with van der Waals surface area (Å²) in [6, 6.07) is 0. The molecule has 0 aliphatic heterocycles. The molecule has 0 saturated heterocycles. The van der Waals surface area contributed by atoms with Crippen molar-refractivity contribution in [3.05, 3.63) is 40.2 Å². The molecule has 0 atom stereocenters. The summed E-state index contributed by atoms with van der Waals surface area (Å²) in [6.45, 7) is 1.14. The molecule has 2 rings (SSSR count). The number of hydrogen-bond acceptors (Lipinski definition) is 6. The van der Waals surface area contributed by atoms with Crippen LogP contribution in [-0.2, 0) is 0 Å². The Morgan fingerprint density at radius 2 is 2.10 bits per heavy atom. The van der Waals surface area contributed by atoms with Gasteiger partial charge in [0.05, 0.1) is 10.7 Å². The Balaban J connectivity index is 1.71. The minimum absolute atomic E-state index is 0.177. The molecule has 0 fully saturated rings. The van der Waals surface area contributed by atoms with Crippen molar-refractivity contribution in [2.45, 2.75) is 6.42 Å². The lowest BCUT2D eigenvalue weighted by Gasteiger charge is -2.08. The normalized spacial score (nSPS) is 10.2. The van der Waals surface area contributed by atoms with Crippen LogP contribution in [0.1, 0.15) is 16.9 Å². The maximum absolute atomic E-state index is 11.7. The quantitative estimate of drug-likeness (QED) is 0.595. The van der Waals surface area contributed by atoms with Crippen molar-refractivity contribution in [3.8, 4) is 0 Å². The predicted molar refractivity (Wildman–Crippen MR) is 82.2 cm³/mol. The molecule has 2 heterocycles. The van der Waals surface area contributed by atoms with Crippen LogP contribution in [0.15, 0.2) is 29.3 Å². The van der Waals surface area contributed by atoms with E-state index in [9.17, 15) is 4.79 Å². The number of nitrogens with zero attached hydrogens (tertiary/aromatic N) is 4. The molecule has 0 aromatic carbocycles. The molecule has 9 heteroatoms. The molecule has 2 aromatic heterocycles. The van der Waals surface area contributed by atoms with E-state index >= 15 is 0 Å². The summed E-state index contributed by atoms with van der Waals surface area (Å²) in [5.74, 6) is 0.379. The number of rotatable bonds is 6. The second-order valence-electron chi connectivity index (χ2n) is 3.96. The van der Waals surface area contributed by atoms with Crippen molar-refractivity contribution in [3.63, 3.8) is 0 Å². The molecular formula is C12H12BrClN6O. The molecule has 0 aliphatic rings. The second kappa shape index (κ2) is 7.84. The van der Waals surface area contributed by atoms with Gasteiger partial charge in [0.15, 0.2) is 0 Å². The Bertz CT molecular complexity index is 612. The third-order valence-corrected chi connectivity index (χ3v) is 3.20. The number of carbonyl (C=O) groups excluding carboxylic acids is 1. The monoisotopic (exact) mass is 370 g/mol. The van der Waals surface area contributed by atoms with Gasteiger partial charge in [-0.25, -0.2) is 9.97 Å². The molecule has 1 amide bonds. The summed E-state index contributed by atoms with van der Waals surface area (Å²) in [5, 5.41) is 6.04. The van der Waals surface area contributed by atoms with Gasteiger partial charge in [0, 0.05) is 31.7 Å². The number of carbonyl (C=O) groups is 1. The van der Waals surface area contributed by atoms with Crippen molar-refractivity contribution in [1.29, 1.82) is 0 Å². The predicted octanol–water partition coefficient (Wildman–Crippen LogP) is 1.91. The van der Waals surface area contributed by atoms with Crippen LogP contribution in [0, 0.1) is 0 Å². The first-order valence-corrected chi connectivity index (χ1v) is 7.30. The number of nitrogens with one attached hydrogen (secondary N) is 2. The van der Waals surface area contributed by atoms with Crippen LogP contribution in [0.2, 0.25) is 5.28 Å². The van der Waals surface area contributed by atoms with E-state index in [1.807, 2.05) is 0 Å². The van der Waals surface area contributed by atoms with Crippen molar-refractivity contribution < 1.29 is 4.79 Å². The van der Waals surface area contributed by atoms with Gasteiger partial charge in [0.25, 0.3) is 5.91 Å². The summed E-state index contributed by atoms with van der Waals surface area (Å²) < 4.78 is 0.732. The van der Waals surface area contributed by atoms with Crippen molar-refractivity contribution in [2.24, 2.45) is 0 Å². The highest BCUT2D eigenvalue weighted by Gasteiger charge is 2.06. The van der Waals surface area contributed by atoms with Gasteiger partial charge in [-0.05, 0) is 34.0 Å². The van der Waals surface area contributed by atoms with E-state index in [4.69, 9.17) is 11.6 Å². The largest absolute Gasteiger partial charge is 0.369 e. The van der Waals surface area contributed by atoms with E-state index in [2.05, 4.69) is 46.5 Å². The molecule has 0 spiro atoms. The number of anilines is 1. The number of halogens is 2. The Kier molecular flexibility index (Phi) is 5.82. The van der Waals surface area contributed by atoms with E-state index < -0.39 is 0 Å². The van der Waals surface area contributed by atoms with Crippen LogP contribution in [0.3, 0.4) is 0 Å². The maximum Gasteiger partial charge on any atom is 0.271 e. The zero-order valence-electron chi connectivity index (χ0n) is 10.9. The molecule has 0 aliphatic carbocycles. The maximum atomic E-state index is 11.7. The van der Waals surface area contributed by atoms with Crippen molar-refractivity contribution in [1.82, 2.24) is 25.3 Å². The first kappa shape index (κ1) is 15.6. The Morgan fingerprint density at radius 3 is 2.86 bits per heavy atom. The number of aromatic nitrogens is 4. The van der Waals surface area contributed by atoms with Crippen LogP contribution < -0.4 is 10.6 Å². The van der Waals surface area contributed by atoms with Gasteiger partial charge < -0.3 is 10.6 Å². The Morgan fingerprint density at radius 1 is 1.24 bits per heavy atom. The smallest absolute Gasteiger partial charge is 0.271 e. The standard InChI is InChI=1S/C12H12BrClN6O/c13-8-6-19-12(14)20-10(8)17-2-1-3-18-11(21)9-7-15-4-5-16-9/h4-7H,1-3H2,(H,18,21)(H,17,19,20). The van der Waals surface area contributed by atoms with Gasteiger partial charge in [0.2, 0.25) is 5.28 Å². The third-order valence-electron chi connectivity index (χ3n) is 2.44. The summed E-state index contributed by atoms with van der Waals surface area (Å²) >= 11 is 9.04. The van der Waals surface area contributed by atoms with E-state index in [0.717, 1.165) is 10.9 Å². The van der Waals surface area contributed by atoms with E-state index in [-0.39, 0.29) is 11.2 Å². The lowest BCUT2D eigenvalue weighted by atomic mass is 10.3. The molecule has 0 unspecified atom stereocenters. The molecule has 2 aromatic rings. The van der Waals surface area contributed by atoms with Crippen molar-refractivity contribution in [2.75, 3.05) is 18.4 Å². The first-order valence-electron chi connectivity index (χ1n) is 6.13. The Hall–Kier alpha value is -1.80. The molecule has 0 saturated carbocycles. The van der Waals surface area contributed by atoms with Gasteiger partial charge in [-0.3, -0.25) is 9.78 Å². The van der Waals surface area contributed by atoms with Crippen molar-refractivity contribution >= 4 is 39.3 Å². The van der Waals surface area contributed by atoms with Gasteiger partial charge >= 0.3 is 0 Å². The van der Waals surface area contributed by atoms with Crippen LogP contribution in [0.5, 0.6) is 0 Å². The summed E-state index contributed by atoms with van der Waals surface area (Å²) in [7, 11) is 0. The minimum atomic E-state index is -0.241. The van der Waals surface area contributed by atoms with Gasteiger partial charge in [-0.2, -0.15) is 4.98 Å². The third kappa shape index (κ3) is 4.91. The molecular weight excluding hydrogens is 360 g/mol. The van der Waals surface area contributed by atoms with Gasteiger partial charge in [0.1, 0.15) is 11.5 Å². The number of amides is 1. The SMILES string of the molecule is O=C(NCCCNc1nc(Cl)ncc1Br)c1cnccn1. The zero-order chi connectivity index (χ0) is 15.1. The zero-order valence-corrected chi connectivity index (χ0v) is 13.2. The van der Waals surface area contributed by atoms with Gasteiger partial charge in [-0.15, -0.1) is 0 Å². The lowest BCUT2D eigenvalue weighted by Crippen LogP contribution is -2.26. The van der Waals surface area contributed by atoms with Gasteiger partial charge in [-0.1, -0.05) is 0 Å². The Labute approximate surface area is 134 Å². The molecule has 0 bridgehead atoms. The summed E-state index contributed by atoms with van der Waals surface area (Å²) in [6.07, 6.45) is 6.72. The minimum Gasteiger partial charge on any atom is -0.369 e. The van der Waals surface area contributed by atoms with Crippen LogP contribution >= 0.6 is 27.5 Å². The fourth-order valence-corrected chi connectivity index (χ4v) is 1.94. The fourth-order valence-electron chi connectivity index (χ4n) is 1.47. The highest BCUT2D eigenvalue weighted by atomic mass is 79.9. The van der Waals surface area contributed by atoms with Crippen LogP contribution in [0.25, 0.3) is 0 Å². The molecule has 110 valence electrons. The van der Waals surface area contributed by atoms with E-state index in [1.165, 1.54) is 18.6 Å². The molecule has 0 radical (unpaired) electrons. The van der Waals surface area contributed by atoms with Crippen LogP contribution in [0.4, 0.5) is 5.82 Å². The fraction of sp³-hybridized carbons (Fsp3) is 0.250. The first-order chi connectivity index (χ1) is 10.2.